The number of esters is 1. The number of ether oxygens (including phenoxy) is 2. The largest absolute Gasteiger partial charge is 0.501 e. The summed E-state index contributed by atoms with van der Waals surface area (Å²) in [5.74, 6) is 4.17. The molecule has 4 aliphatic rings. The lowest BCUT2D eigenvalue weighted by Crippen LogP contribution is -2.53. The number of rotatable bonds is 2. The van der Waals surface area contributed by atoms with E-state index in [9.17, 15) is 4.79 Å². The zero-order chi connectivity index (χ0) is 17.8. The molecule has 0 radical (unpaired) electrons. The third-order valence-corrected chi connectivity index (χ3v) is 8.72. The van der Waals surface area contributed by atoms with Crippen molar-refractivity contribution in [2.24, 2.45) is 34.5 Å². The molecule has 4 aliphatic carbocycles. The van der Waals surface area contributed by atoms with Gasteiger partial charge in [-0.15, -0.1) is 0 Å². The molecule has 4 rings (SSSR count). The molecule has 0 aromatic carbocycles. The molecule has 0 unspecified atom stereocenters. The van der Waals surface area contributed by atoms with Gasteiger partial charge in [-0.05, 0) is 80.1 Å². The predicted molar refractivity (Wildman–Crippen MR) is 97.8 cm³/mol. The Morgan fingerprint density at radius 3 is 2.52 bits per heavy atom. The molecule has 0 spiro atoms. The Kier molecular flexibility index (Phi) is 4.20. The van der Waals surface area contributed by atoms with Gasteiger partial charge in [0.05, 0.1) is 12.9 Å². The summed E-state index contributed by atoms with van der Waals surface area (Å²) in [5, 5.41) is 0. The van der Waals surface area contributed by atoms with Crippen molar-refractivity contribution in [3.63, 3.8) is 0 Å². The fraction of sp³-hybridized carbons (Fsp3) is 0.864. The van der Waals surface area contributed by atoms with Crippen LogP contribution in [0.25, 0.3) is 0 Å². The Hall–Kier alpha value is -0.990. The van der Waals surface area contributed by atoms with Crippen LogP contribution in [0.3, 0.4) is 0 Å². The second-order valence-electron chi connectivity index (χ2n) is 9.62. The molecule has 0 bridgehead atoms. The van der Waals surface area contributed by atoms with E-state index in [2.05, 4.69) is 19.9 Å². The summed E-state index contributed by atoms with van der Waals surface area (Å²) in [6, 6.07) is 0. The van der Waals surface area contributed by atoms with E-state index in [1.807, 2.05) is 7.11 Å². The predicted octanol–water partition coefficient (Wildman–Crippen LogP) is 5.10. The molecule has 0 aromatic heterocycles. The minimum atomic E-state index is -0.103. The Morgan fingerprint density at radius 2 is 1.80 bits per heavy atom. The maximum absolute atomic E-state index is 11.6. The average Bonchev–Trinajstić information content (AvgIpc) is 2.90. The zero-order valence-electron chi connectivity index (χ0n) is 16.3. The van der Waals surface area contributed by atoms with Gasteiger partial charge < -0.3 is 9.47 Å². The average molecular weight is 347 g/mol. The molecule has 140 valence electrons. The van der Waals surface area contributed by atoms with Crippen LogP contribution in [0, 0.1) is 34.5 Å². The van der Waals surface area contributed by atoms with Gasteiger partial charge >= 0.3 is 5.97 Å². The summed E-state index contributed by atoms with van der Waals surface area (Å²) in [7, 11) is 1.82. The smallest absolute Gasteiger partial charge is 0.302 e. The quantitative estimate of drug-likeness (QED) is 0.653. The molecule has 3 heteroatoms. The molecular formula is C22H34O3. The molecule has 0 N–H and O–H groups in total. The van der Waals surface area contributed by atoms with Crippen LogP contribution in [0.2, 0.25) is 0 Å². The molecule has 0 aliphatic heterocycles. The summed E-state index contributed by atoms with van der Waals surface area (Å²) in [5.41, 5.74) is 0.643. The standard InChI is InChI=1S/C22H34O3/c1-14(23)25-20-8-7-18-17-6-5-15-13-16(24-4)9-11-21(15,2)19(17)10-12-22(18,20)3/h13,15,17-20H,5-12H2,1-4H3/t15-,17-,18-,19-,20+,21-,22-/m0/s1. The summed E-state index contributed by atoms with van der Waals surface area (Å²) in [6.07, 6.45) is 12.4. The summed E-state index contributed by atoms with van der Waals surface area (Å²) >= 11 is 0. The first kappa shape index (κ1) is 17.4. The van der Waals surface area contributed by atoms with E-state index in [-0.39, 0.29) is 17.5 Å². The van der Waals surface area contributed by atoms with Gasteiger partial charge in [0.15, 0.2) is 0 Å². The van der Waals surface area contributed by atoms with Gasteiger partial charge in [-0.1, -0.05) is 13.8 Å². The fourth-order valence-electron chi connectivity index (χ4n) is 7.35. The second kappa shape index (κ2) is 6.03. The Labute approximate surface area is 152 Å². The topological polar surface area (TPSA) is 35.5 Å². The van der Waals surface area contributed by atoms with Crippen LogP contribution >= 0.6 is 0 Å². The van der Waals surface area contributed by atoms with E-state index in [4.69, 9.17) is 9.47 Å². The van der Waals surface area contributed by atoms with Gasteiger partial charge in [0, 0.05) is 18.8 Å². The van der Waals surface area contributed by atoms with Crippen LogP contribution in [-0.4, -0.2) is 19.2 Å². The second-order valence-corrected chi connectivity index (χ2v) is 9.62. The molecule has 3 fully saturated rings. The normalized spacial score (nSPS) is 48.6. The van der Waals surface area contributed by atoms with Crippen molar-refractivity contribution in [2.45, 2.75) is 78.2 Å². The Balaban J connectivity index is 1.58. The van der Waals surface area contributed by atoms with Crippen molar-refractivity contribution in [3.8, 4) is 0 Å². The van der Waals surface area contributed by atoms with Crippen LogP contribution in [0.5, 0.6) is 0 Å². The first-order valence-corrected chi connectivity index (χ1v) is 10.3. The number of allylic oxidation sites excluding steroid dienone is 2. The number of hydrogen-bond donors (Lipinski definition) is 0. The lowest BCUT2D eigenvalue weighted by Gasteiger charge is -2.59. The minimum absolute atomic E-state index is 0.103. The van der Waals surface area contributed by atoms with Crippen molar-refractivity contribution in [3.05, 3.63) is 11.8 Å². The molecule has 3 nitrogen and oxygen atoms in total. The summed E-state index contributed by atoms with van der Waals surface area (Å²) in [4.78, 5) is 11.6. The first-order chi connectivity index (χ1) is 11.9. The van der Waals surface area contributed by atoms with Gasteiger partial charge in [-0.25, -0.2) is 0 Å². The molecule has 0 aromatic rings. The fourth-order valence-corrected chi connectivity index (χ4v) is 7.35. The third kappa shape index (κ3) is 2.56. The number of carbonyl (C=O) groups is 1. The monoisotopic (exact) mass is 346 g/mol. The minimum Gasteiger partial charge on any atom is -0.501 e. The molecule has 7 atom stereocenters. The highest BCUT2D eigenvalue weighted by molar-refractivity contribution is 5.66. The maximum atomic E-state index is 11.6. The highest BCUT2D eigenvalue weighted by atomic mass is 16.5. The highest BCUT2D eigenvalue weighted by Crippen LogP contribution is 2.66. The highest BCUT2D eigenvalue weighted by Gasteiger charge is 2.60. The molecule has 3 saturated carbocycles. The van der Waals surface area contributed by atoms with E-state index < -0.39 is 0 Å². The number of hydrogen-bond acceptors (Lipinski definition) is 3. The Morgan fingerprint density at radius 1 is 1.04 bits per heavy atom. The van der Waals surface area contributed by atoms with Crippen LogP contribution < -0.4 is 0 Å². The number of carbonyl (C=O) groups excluding carboxylic acids is 1. The molecule has 0 saturated heterocycles. The lowest BCUT2D eigenvalue weighted by atomic mass is 9.46. The van der Waals surface area contributed by atoms with E-state index in [1.165, 1.54) is 44.3 Å². The lowest BCUT2D eigenvalue weighted by molar-refractivity contribution is -0.159. The first-order valence-electron chi connectivity index (χ1n) is 10.3. The van der Waals surface area contributed by atoms with Gasteiger partial charge in [-0.2, -0.15) is 0 Å². The summed E-state index contributed by atoms with van der Waals surface area (Å²) < 4.78 is 11.3. The number of fused-ring (bicyclic) bond motifs is 5. The summed E-state index contributed by atoms with van der Waals surface area (Å²) in [6.45, 7) is 6.53. The zero-order valence-corrected chi connectivity index (χ0v) is 16.3. The SMILES string of the molecule is COC1=C[C@@H]2CC[C@@H]3[C@H](CC[C@]4(C)[C@H](OC(C)=O)CC[C@@H]34)[C@@]2(C)CC1. The van der Waals surface area contributed by atoms with Crippen molar-refractivity contribution in [1.82, 2.24) is 0 Å². The third-order valence-electron chi connectivity index (χ3n) is 8.72. The van der Waals surface area contributed by atoms with Crippen LogP contribution in [0.15, 0.2) is 11.8 Å². The Bertz CT molecular complexity index is 582. The van der Waals surface area contributed by atoms with Crippen molar-refractivity contribution >= 4 is 5.97 Å². The van der Waals surface area contributed by atoms with E-state index in [1.54, 1.807) is 6.92 Å². The van der Waals surface area contributed by atoms with Gasteiger partial charge in [0.1, 0.15) is 6.10 Å². The molecule has 0 amide bonds. The molecular weight excluding hydrogens is 312 g/mol. The van der Waals surface area contributed by atoms with Crippen molar-refractivity contribution < 1.29 is 14.3 Å². The van der Waals surface area contributed by atoms with E-state index in [0.717, 1.165) is 30.6 Å². The van der Waals surface area contributed by atoms with E-state index >= 15 is 0 Å². The maximum Gasteiger partial charge on any atom is 0.302 e. The van der Waals surface area contributed by atoms with Crippen molar-refractivity contribution in [2.75, 3.05) is 7.11 Å². The number of methoxy groups -OCH3 is 1. The van der Waals surface area contributed by atoms with Gasteiger partial charge in [0.2, 0.25) is 0 Å². The van der Waals surface area contributed by atoms with Gasteiger partial charge in [0.25, 0.3) is 0 Å². The molecule has 25 heavy (non-hydrogen) atoms. The van der Waals surface area contributed by atoms with Crippen molar-refractivity contribution in [1.29, 1.82) is 0 Å². The van der Waals surface area contributed by atoms with E-state index in [0.29, 0.717) is 11.3 Å². The van der Waals surface area contributed by atoms with Crippen LogP contribution in [0.4, 0.5) is 0 Å². The van der Waals surface area contributed by atoms with Crippen LogP contribution in [0.1, 0.15) is 72.1 Å². The van der Waals surface area contributed by atoms with Gasteiger partial charge in [-0.3, -0.25) is 4.79 Å². The molecule has 0 heterocycles. The van der Waals surface area contributed by atoms with Crippen LogP contribution in [-0.2, 0) is 14.3 Å².